The summed E-state index contributed by atoms with van der Waals surface area (Å²) in [7, 11) is 0. The van der Waals surface area contributed by atoms with Crippen LogP contribution >= 0.6 is 0 Å². The van der Waals surface area contributed by atoms with Gasteiger partial charge in [-0.3, -0.25) is 4.79 Å². The van der Waals surface area contributed by atoms with Crippen LogP contribution in [0.4, 0.5) is 0 Å². The highest BCUT2D eigenvalue weighted by molar-refractivity contribution is 5.78. The Kier molecular flexibility index (Phi) is 5.10. The summed E-state index contributed by atoms with van der Waals surface area (Å²) in [5.74, 6) is 0.703. The van der Waals surface area contributed by atoms with Gasteiger partial charge in [0.05, 0.1) is 17.2 Å². The van der Waals surface area contributed by atoms with Gasteiger partial charge in [0.1, 0.15) is 12.4 Å². The Labute approximate surface area is 123 Å². The summed E-state index contributed by atoms with van der Waals surface area (Å²) in [6.07, 6.45) is 1.39. The van der Waals surface area contributed by atoms with Gasteiger partial charge < -0.3 is 9.72 Å². The second-order valence-corrected chi connectivity index (χ2v) is 4.18. The SMILES string of the molecule is CC.O=c1[nH]cnc2cc(OCc3ccccc3)ccc12. The second-order valence-electron chi connectivity index (χ2n) is 4.18. The van der Waals surface area contributed by atoms with Gasteiger partial charge in [-0.15, -0.1) is 0 Å². The predicted octanol–water partition coefficient (Wildman–Crippen LogP) is 3.53. The summed E-state index contributed by atoms with van der Waals surface area (Å²) in [6, 6.07) is 15.2. The zero-order chi connectivity index (χ0) is 15.1. The van der Waals surface area contributed by atoms with E-state index in [0.29, 0.717) is 23.3 Å². The van der Waals surface area contributed by atoms with Crippen molar-refractivity contribution in [1.29, 1.82) is 0 Å². The molecule has 2 aromatic carbocycles. The molecule has 21 heavy (non-hydrogen) atoms. The van der Waals surface area contributed by atoms with Crippen molar-refractivity contribution in [2.24, 2.45) is 0 Å². The summed E-state index contributed by atoms with van der Waals surface area (Å²) in [5.41, 5.74) is 1.59. The average Bonchev–Trinajstić information content (AvgIpc) is 2.56. The third-order valence-electron chi connectivity index (χ3n) is 2.86. The summed E-state index contributed by atoms with van der Waals surface area (Å²) < 4.78 is 5.69. The maximum atomic E-state index is 11.5. The van der Waals surface area contributed by atoms with E-state index >= 15 is 0 Å². The van der Waals surface area contributed by atoms with Crippen LogP contribution in [0.5, 0.6) is 5.75 Å². The summed E-state index contributed by atoms with van der Waals surface area (Å²) in [5, 5.41) is 0.564. The standard InChI is InChI=1S/C15H12N2O2.C2H6/c18-15-13-7-6-12(8-14(13)16-10-17-15)19-9-11-4-2-1-3-5-11;1-2/h1-8,10H,9H2,(H,16,17,18);1-2H3. The number of nitrogens with one attached hydrogen (secondary N) is 1. The number of H-pyrrole nitrogens is 1. The third-order valence-corrected chi connectivity index (χ3v) is 2.86. The second kappa shape index (κ2) is 7.24. The van der Waals surface area contributed by atoms with Gasteiger partial charge in [0.2, 0.25) is 0 Å². The summed E-state index contributed by atoms with van der Waals surface area (Å²) in [4.78, 5) is 18.2. The number of benzene rings is 2. The molecule has 4 nitrogen and oxygen atoms in total. The van der Waals surface area contributed by atoms with Gasteiger partial charge in [0.15, 0.2) is 0 Å². The Balaban J connectivity index is 0.000000774. The first-order valence-electron chi connectivity index (χ1n) is 6.97. The van der Waals surface area contributed by atoms with E-state index in [1.54, 1.807) is 18.2 Å². The molecule has 1 aromatic heterocycles. The van der Waals surface area contributed by atoms with Crippen LogP contribution < -0.4 is 10.3 Å². The molecule has 0 radical (unpaired) electrons. The molecule has 0 bridgehead atoms. The van der Waals surface area contributed by atoms with Crippen molar-refractivity contribution >= 4 is 10.9 Å². The topological polar surface area (TPSA) is 55.0 Å². The smallest absolute Gasteiger partial charge is 0.258 e. The maximum absolute atomic E-state index is 11.5. The molecule has 0 amide bonds. The normalized spacial score (nSPS) is 9.81. The Hall–Kier alpha value is -2.62. The van der Waals surface area contributed by atoms with Crippen molar-refractivity contribution in [2.45, 2.75) is 20.5 Å². The van der Waals surface area contributed by atoms with E-state index in [1.165, 1.54) is 6.33 Å². The molecule has 0 saturated carbocycles. The predicted molar refractivity (Wildman–Crippen MR) is 84.5 cm³/mol. The molecule has 0 aliphatic rings. The molecule has 1 N–H and O–H groups in total. The Morgan fingerprint density at radius 1 is 1.10 bits per heavy atom. The number of rotatable bonds is 3. The van der Waals surface area contributed by atoms with E-state index in [4.69, 9.17) is 4.74 Å². The zero-order valence-corrected chi connectivity index (χ0v) is 12.2. The van der Waals surface area contributed by atoms with Crippen molar-refractivity contribution in [1.82, 2.24) is 9.97 Å². The minimum atomic E-state index is -0.139. The average molecular weight is 282 g/mol. The number of nitrogens with zero attached hydrogens (tertiary/aromatic N) is 1. The molecule has 0 spiro atoms. The fraction of sp³-hybridized carbons (Fsp3) is 0.176. The van der Waals surface area contributed by atoms with E-state index in [9.17, 15) is 4.79 Å². The first-order valence-corrected chi connectivity index (χ1v) is 6.97. The molecule has 4 heteroatoms. The zero-order valence-electron chi connectivity index (χ0n) is 12.2. The molecule has 0 aliphatic carbocycles. The lowest BCUT2D eigenvalue weighted by molar-refractivity contribution is 0.306. The van der Waals surface area contributed by atoms with Gasteiger partial charge in [-0.2, -0.15) is 0 Å². The highest BCUT2D eigenvalue weighted by Crippen LogP contribution is 2.17. The minimum Gasteiger partial charge on any atom is -0.489 e. The first kappa shape index (κ1) is 14.8. The lowest BCUT2D eigenvalue weighted by Gasteiger charge is -2.06. The van der Waals surface area contributed by atoms with Gasteiger partial charge >= 0.3 is 0 Å². The van der Waals surface area contributed by atoms with E-state index in [-0.39, 0.29) is 5.56 Å². The first-order chi connectivity index (χ1) is 10.3. The highest BCUT2D eigenvalue weighted by Gasteiger charge is 2.02. The van der Waals surface area contributed by atoms with Crippen molar-refractivity contribution in [2.75, 3.05) is 0 Å². The fourth-order valence-corrected chi connectivity index (χ4v) is 1.88. The van der Waals surface area contributed by atoms with Crippen molar-refractivity contribution < 1.29 is 4.74 Å². The Morgan fingerprint density at radius 3 is 2.62 bits per heavy atom. The van der Waals surface area contributed by atoms with Crippen LogP contribution in [0.3, 0.4) is 0 Å². The van der Waals surface area contributed by atoms with Gasteiger partial charge in [-0.1, -0.05) is 44.2 Å². The number of aromatic nitrogens is 2. The summed E-state index contributed by atoms with van der Waals surface area (Å²) >= 11 is 0. The minimum absolute atomic E-state index is 0.139. The van der Waals surface area contributed by atoms with Crippen molar-refractivity contribution in [3.8, 4) is 5.75 Å². The number of ether oxygens (including phenoxy) is 1. The molecule has 0 saturated heterocycles. The van der Waals surface area contributed by atoms with Crippen LogP contribution in [0.25, 0.3) is 10.9 Å². The summed E-state index contributed by atoms with van der Waals surface area (Å²) in [6.45, 7) is 4.50. The molecule has 0 unspecified atom stereocenters. The van der Waals surface area contributed by atoms with Crippen LogP contribution in [0.2, 0.25) is 0 Å². The van der Waals surface area contributed by atoms with E-state index < -0.39 is 0 Å². The Bertz CT molecular complexity index is 751. The van der Waals surface area contributed by atoms with Crippen molar-refractivity contribution in [3.63, 3.8) is 0 Å². The molecular weight excluding hydrogens is 264 g/mol. The van der Waals surface area contributed by atoms with Crippen LogP contribution in [0.1, 0.15) is 19.4 Å². The molecular formula is C17H18N2O2. The largest absolute Gasteiger partial charge is 0.489 e. The quantitative estimate of drug-likeness (QED) is 0.799. The van der Waals surface area contributed by atoms with Crippen LogP contribution in [0, 0.1) is 0 Å². The lowest BCUT2D eigenvalue weighted by atomic mass is 10.2. The lowest BCUT2D eigenvalue weighted by Crippen LogP contribution is -2.06. The van der Waals surface area contributed by atoms with Gasteiger partial charge in [0, 0.05) is 6.07 Å². The monoisotopic (exact) mass is 282 g/mol. The molecule has 3 aromatic rings. The van der Waals surface area contributed by atoms with E-state index in [2.05, 4.69) is 9.97 Å². The molecule has 1 heterocycles. The Morgan fingerprint density at radius 2 is 1.86 bits per heavy atom. The van der Waals surface area contributed by atoms with Crippen LogP contribution in [-0.2, 0) is 6.61 Å². The molecule has 0 atom stereocenters. The fourth-order valence-electron chi connectivity index (χ4n) is 1.88. The molecule has 0 aliphatic heterocycles. The molecule has 108 valence electrons. The number of aromatic amines is 1. The maximum Gasteiger partial charge on any atom is 0.258 e. The van der Waals surface area contributed by atoms with E-state index in [1.807, 2.05) is 44.2 Å². The van der Waals surface area contributed by atoms with Crippen LogP contribution in [0.15, 0.2) is 59.7 Å². The van der Waals surface area contributed by atoms with E-state index in [0.717, 1.165) is 5.56 Å². The molecule has 3 rings (SSSR count). The van der Waals surface area contributed by atoms with Gasteiger partial charge in [-0.05, 0) is 17.7 Å². The van der Waals surface area contributed by atoms with Gasteiger partial charge in [0.25, 0.3) is 5.56 Å². The number of fused-ring (bicyclic) bond motifs is 1. The van der Waals surface area contributed by atoms with Crippen molar-refractivity contribution in [3.05, 3.63) is 70.8 Å². The number of hydrogen-bond acceptors (Lipinski definition) is 3. The van der Waals surface area contributed by atoms with Crippen LogP contribution in [-0.4, -0.2) is 9.97 Å². The molecule has 0 fully saturated rings. The third kappa shape index (κ3) is 3.69. The highest BCUT2D eigenvalue weighted by atomic mass is 16.5. The van der Waals surface area contributed by atoms with Gasteiger partial charge in [-0.25, -0.2) is 4.98 Å². The number of hydrogen-bond donors (Lipinski definition) is 1.